The minimum absolute atomic E-state index is 0.0204. The first-order valence-corrected chi connectivity index (χ1v) is 9.76. The summed E-state index contributed by atoms with van der Waals surface area (Å²) < 4.78 is 13.3. The van der Waals surface area contributed by atoms with Crippen molar-refractivity contribution in [2.45, 2.75) is 31.7 Å². The van der Waals surface area contributed by atoms with Gasteiger partial charge >= 0.3 is 0 Å². The summed E-state index contributed by atoms with van der Waals surface area (Å²) >= 11 is 0. The van der Waals surface area contributed by atoms with Gasteiger partial charge in [-0.2, -0.15) is 5.26 Å². The van der Waals surface area contributed by atoms with Crippen LogP contribution in [0.3, 0.4) is 0 Å². The molecule has 2 aromatic heterocycles. The molecule has 148 valence electrons. The number of hydrogen-bond acceptors (Lipinski definition) is 4. The molecule has 7 heteroatoms. The second-order valence-corrected chi connectivity index (χ2v) is 7.37. The number of nitrogens with one attached hydrogen (secondary N) is 3. The highest BCUT2D eigenvalue weighted by atomic mass is 19.1. The van der Waals surface area contributed by atoms with E-state index in [4.69, 9.17) is 0 Å². The van der Waals surface area contributed by atoms with Crippen molar-refractivity contribution in [1.29, 1.82) is 5.26 Å². The SMILES string of the molecule is CNC(=O)[C@H]1CCCCC1Nc1c(C#N)cnc2[nH]c(-c3ccc(F)cc3)cc12. The van der Waals surface area contributed by atoms with Gasteiger partial charge in [0.1, 0.15) is 17.5 Å². The highest BCUT2D eigenvalue weighted by Crippen LogP contribution is 2.34. The van der Waals surface area contributed by atoms with Crippen molar-refractivity contribution in [3.05, 3.63) is 47.9 Å². The number of carbonyl (C=O) groups is 1. The van der Waals surface area contributed by atoms with Crippen LogP contribution in [-0.4, -0.2) is 29.0 Å². The Labute approximate surface area is 168 Å². The van der Waals surface area contributed by atoms with E-state index in [1.54, 1.807) is 19.2 Å². The highest BCUT2D eigenvalue weighted by Gasteiger charge is 2.31. The van der Waals surface area contributed by atoms with Gasteiger partial charge in [0, 0.05) is 30.4 Å². The van der Waals surface area contributed by atoms with Crippen LogP contribution in [0, 0.1) is 23.1 Å². The van der Waals surface area contributed by atoms with E-state index in [-0.39, 0.29) is 23.7 Å². The van der Waals surface area contributed by atoms with Crippen molar-refractivity contribution in [3.8, 4) is 17.3 Å². The van der Waals surface area contributed by atoms with Gasteiger partial charge in [0.05, 0.1) is 17.2 Å². The summed E-state index contributed by atoms with van der Waals surface area (Å²) in [6.45, 7) is 0. The van der Waals surface area contributed by atoms with Gasteiger partial charge in [-0.25, -0.2) is 9.37 Å². The number of H-pyrrole nitrogens is 1. The molecule has 29 heavy (non-hydrogen) atoms. The molecule has 1 saturated carbocycles. The van der Waals surface area contributed by atoms with Crippen LogP contribution in [0.5, 0.6) is 0 Å². The quantitative estimate of drug-likeness (QED) is 0.628. The lowest BCUT2D eigenvalue weighted by molar-refractivity contribution is -0.125. The zero-order valence-corrected chi connectivity index (χ0v) is 16.1. The van der Waals surface area contributed by atoms with Gasteiger partial charge < -0.3 is 15.6 Å². The molecule has 1 amide bonds. The lowest BCUT2D eigenvalue weighted by Crippen LogP contribution is -2.42. The number of hydrogen-bond donors (Lipinski definition) is 3. The fourth-order valence-electron chi connectivity index (χ4n) is 4.09. The van der Waals surface area contributed by atoms with E-state index in [0.717, 1.165) is 42.3 Å². The van der Waals surface area contributed by atoms with E-state index in [9.17, 15) is 14.4 Å². The Morgan fingerprint density at radius 1 is 1.28 bits per heavy atom. The van der Waals surface area contributed by atoms with E-state index in [0.29, 0.717) is 16.9 Å². The number of amides is 1. The Morgan fingerprint density at radius 2 is 2.03 bits per heavy atom. The maximum absolute atomic E-state index is 13.3. The van der Waals surface area contributed by atoms with E-state index < -0.39 is 0 Å². The van der Waals surface area contributed by atoms with E-state index in [2.05, 4.69) is 26.7 Å². The Hall–Kier alpha value is -3.40. The summed E-state index contributed by atoms with van der Waals surface area (Å²) in [4.78, 5) is 19.9. The molecule has 1 aromatic carbocycles. The van der Waals surface area contributed by atoms with Gasteiger partial charge in [-0.3, -0.25) is 4.79 Å². The van der Waals surface area contributed by atoms with Crippen molar-refractivity contribution in [2.24, 2.45) is 5.92 Å². The average molecular weight is 391 g/mol. The second-order valence-electron chi connectivity index (χ2n) is 7.37. The normalized spacial score (nSPS) is 18.9. The predicted octanol–water partition coefficient (Wildman–Crippen LogP) is 3.96. The van der Waals surface area contributed by atoms with Crippen molar-refractivity contribution < 1.29 is 9.18 Å². The number of aromatic amines is 1. The van der Waals surface area contributed by atoms with Crippen LogP contribution in [0.25, 0.3) is 22.3 Å². The zero-order chi connectivity index (χ0) is 20.4. The van der Waals surface area contributed by atoms with Gasteiger partial charge in [0.15, 0.2) is 0 Å². The fraction of sp³-hybridized carbons (Fsp3) is 0.318. The molecule has 0 saturated heterocycles. The molecule has 0 radical (unpaired) electrons. The first kappa shape index (κ1) is 18.9. The lowest BCUT2D eigenvalue weighted by atomic mass is 9.83. The molecule has 6 nitrogen and oxygen atoms in total. The Kier molecular flexibility index (Phi) is 5.17. The smallest absolute Gasteiger partial charge is 0.224 e. The van der Waals surface area contributed by atoms with Crippen LogP contribution in [-0.2, 0) is 4.79 Å². The number of fused-ring (bicyclic) bond motifs is 1. The van der Waals surface area contributed by atoms with Gasteiger partial charge in [-0.05, 0) is 48.7 Å². The van der Waals surface area contributed by atoms with Gasteiger partial charge in [0.2, 0.25) is 5.91 Å². The van der Waals surface area contributed by atoms with Crippen molar-refractivity contribution >= 4 is 22.6 Å². The largest absolute Gasteiger partial charge is 0.380 e. The molecule has 1 fully saturated rings. The molecule has 0 spiro atoms. The highest BCUT2D eigenvalue weighted by molar-refractivity contribution is 5.96. The van der Waals surface area contributed by atoms with Crippen LogP contribution in [0.4, 0.5) is 10.1 Å². The van der Waals surface area contributed by atoms with Crippen LogP contribution in [0.15, 0.2) is 36.5 Å². The van der Waals surface area contributed by atoms with Crippen molar-refractivity contribution in [1.82, 2.24) is 15.3 Å². The summed E-state index contributed by atoms with van der Waals surface area (Å²) in [6, 6.07) is 10.3. The van der Waals surface area contributed by atoms with E-state index >= 15 is 0 Å². The third-order valence-corrected chi connectivity index (χ3v) is 5.61. The number of carbonyl (C=O) groups excluding carboxylic acids is 1. The van der Waals surface area contributed by atoms with E-state index in [1.165, 1.54) is 18.3 Å². The third-order valence-electron chi connectivity index (χ3n) is 5.61. The standard InChI is InChI=1S/C22H22FN5O/c1-25-22(29)16-4-2-3-5-18(16)27-20-14(11-24)12-26-21-17(20)10-19(28-21)13-6-8-15(23)9-7-13/h6-10,12,16,18H,2-5H2,1H3,(H,25,29)(H2,26,27,28)/t16-,18?/m0/s1. The van der Waals surface area contributed by atoms with Crippen molar-refractivity contribution in [3.63, 3.8) is 0 Å². The molecule has 3 N–H and O–H groups in total. The summed E-state index contributed by atoms with van der Waals surface area (Å²) in [7, 11) is 1.65. The second kappa shape index (κ2) is 7.92. The fourth-order valence-corrected chi connectivity index (χ4v) is 4.09. The summed E-state index contributed by atoms with van der Waals surface area (Å²) in [5, 5.41) is 16.6. The molecule has 2 heterocycles. The topological polar surface area (TPSA) is 93.6 Å². The van der Waals surface area contributed by atoms with Crippen LogP contribution < -0.4 is 10.6 Å². The van der Waals surface area contributed by atoms with E-state index in [1.807, 2.05) is 6.07 Å². The molecule has 4 rings (SSSR count). The number of benzene rings is 1. The van der Waals surface area contributed by atoms with Gasteiger partial charge in [-0.15, -0.1) is 0 Å². The molecule has 3 aromatic rings. The molecule has 2 atom stereocenters. The maximum atomic E-state index is 13.3. The number of nitrogens with zero attached hydrogens (tertiary/aromatic N) is 2. The molecule has 1 aliphatic rings. The number of rotatable bonds is 4. The van der Waals surface area contributed by atoms with Crippen LogP contribution in [0.2, 0.25) is 0 Å². The first-order chi connectivity index (χ1) is 14.1. The maximum Gasteiger partial charge on any atom is 0.224 e. The summed E-state index contributed by atoms with van der Waals surface area (Å²) in [5.74, 6) is -0.416. The third kappa shape index (κ3) is 3.66. The Morgan fingerprint density at radius 3 is 2.76 bits per heavy atom. The molecular weight excluding hydrogens is 369 g/mol. The Balaban J connectivity index is 1.75. The van der Waals surface area contributed by atoms with Crippen molar-refractivity contribution in [2.75, 3.05) is 12.4 Å². The zero-order valence-electron chi connectivity index (χ0n) is 16.1. The van der Waals surface area contributed by atoms with Gasteiger partial charge in [-0.1, -0.05) is 12.8 Å². The number of halogens is 1. The molecule has 1 aliphatic carbocycles. The van der Waals surface area contributed by atoms with Crippen LogP contribution >= 0.6 is 0 Å². The average Bonchev–Trinajstić information content (AvgIpc) is 3.19. The minimum Gasteiger partial charge on any atom is -0.380 e. The molecular formula is C22H22FN5O. The number of pyridine rings is 1. The Bertz CT molecular complexity index is 1080. The molecule has 0 aliphatic heterocycles. The monoisotopic (exact) mass is 391 g/mol. The molecule has 1 unspecified atom stereocenters. The van der Waals surface area contributed by atoms with Gasteiger partial charge in [0.25, 0.3) is 0 Å². The minimum atomic E-state index is -0.297. The lowest BCUT2D eigenvalue weighted by Gasteiger charge is -2.32. The summed E-state index contributed by atoms with van der Waals surface area (Å²) in [6.07, 6.45) is 5.28. The van der Waals surface area contributed by atoms with Crippen LogP contribution in [0.1, 0.15) is 31.2 Å². The molecule has 0 bridgehead atoms. The first-order valence-electron chi connectivity index (χ1n) is 9.76. The summed E-state index contributed by atoms with van der Waals surface area (Å²) in [5.41, 5.74) is 3.37. The number of aromatic nitrogens is 2. The number of anilines is 1. The predicted molar refractivity (Wildman–Crippen MR) is 110 cm³/mol. The number of nitriles is 1.